The van der Waals surface area contributed by atoms with E-state index in [1.54, 1.807) is 13.8 Å². The van der Waals surface area contributed by atoms with Gasteiger partial charge in [-0.3, -0.25) is 10.1 Å². The van der Waals surface area contributed by atoms with Gasteiger partial charge in [0.1, 0.15) is 11.6 Å². The Morgan fingerprint density at radius 3 is 2.65 bits per heavy atom. The lowest BCUT2D eigenvalue weighted by Gasteiger charge is -2.04. The van der Waals surface area contributed by atoms with Crippen LogP contribution < -0.4 is 5.32 Å². The van der Waals surface area contributed by atoms with Gasteiger partial charge in [0, 0.05) is 0 Å². The van der Waals surface area contributed by atoms with Gasteiger partial charge in [0.05, 0.1) is 5.69 Å². The number of aromatic nitrogens is 5. The van der Waals surface area contributed by atoms with Gasteiger partial charge >= 0.3 is 5.97 Å². The molecule has 10 heteroatoms. The zero-order chi connectivity index (χ0) is 14.7. The summed E-state index contributed by atoms with van der Waals surface area (Å²) in [6.45, 7) is 3.43. The molecule has 2 aromatic heterocycles. The van der Waals surface area contributed by atoms with Crippen LogP contribution in [0.1, 0.15) is 28.1 Å². The first kappa shape index (κ1) is 14.1. The Morgan fingerprint density at radius 2 is 2.10 bits per heavy atom. The number of carbonyl (C=O) groups excluding carboxylic acids is 1. The predicted octanol–water partition coefficient (Wildman–Crippen LogP) is 0.337. The predicted molar refractivity (Wildman–Crippen MR) is 69.6 cm³/mol. The highest BCUT2D eigenvalue weighted by Crippen LogP contribution is 2.14. The van der Waals surface area contributed by atoms with Crippen LogP contribution in [0, 0.1) is 6.92 Å². The van der Waals surface area contributed by atoms with E-state index in [2.05, 4.69) is 25.8 Å². The lowest BCUT2D eigenvalue weighted by molar-refractivity contribution is -0.117. The SMILES string of the molecule is CCc1c(C(=O)O)nnn1CC(=O)Nc1nnc(C)s1. The number of carbonyl (C=O) groups is 2. The first-order valence-corrected chi connectivity index (χ1v) is 6.58. The number of anilines is 1. The van der Waals surface area contributed by atoms with Gasteiger partial charge in [0.25, 0.3) is 0 Å². The van der Waals surface area contributed by atoms with Gasteiger partial charge in [-0.1, -0.05) is 23.5 Å². The molecule has 0 fully saturated rings. The van der Waals surface area contributed by atoms with E-state index >= 15 is 0 Å². The minimum Gasteiger partial charge on any atom is -0.476 e. The van der Waals surface area contributed by atoms with E-state index in [9.17, 15) is 9.59 Å². The zero-order valence-electron chi connectivity index (χ0n) is 10.8. The van der Waals surface area contributed by atoms with E-state index < -0.39 is 5.97 Å². The largest absolute Gasteiger partial charge is 0.476 e. The summed E-state index contributed by atoms with van der Waals surface area (Å²) >= 11 is 1.25. The molecule has 0 aliphatic carbocycles. The summed E-state index contributed by atoms with van der Waals surface area (Å²) in [5, 5.41) is 27.4. The van der Waals surface area contributed by atoms with Crippen LogP contribution in [0.25, 0.3) is 0 Å². The molecule has 0 saturated heterocycles. The Balaban J connectivity index is 2.10. The van der Waals surface area contributed by atoms with Crippen molar-refractivity contribution in [2.24, 2.45) is 0 Å². The van der Waals surface area contributed by atoms with Crippen molar-refractivity contribution < 1.29 is 14.7 Å². The number of hydrogen-bond acceptors (Lipinski definition) is 7. The second-order valence-corrected chi connectivity index (χ2v) is 5.06. The van der Waals surface area contributed by atoms with Crippen LogP contribution in [0.5, 0.6) is 0 Å². The molecule has 9 nitrogen and oxygen atoms in total. The number of nitrogens with one attached hydrogen (secondary N) is 1. The molecule has 0 unspecified atom stereocenters. The highest BCUT2D eigenvalue weighted by atomic mass is 32.1. The van der Waals surface area contributed by atoms with Crippen LogP contribution in [0.3, 0.4) is 0 Å². The molecule has 0 atom stereocenters. The smallest absolute Gasteiger partial charge is 0.358 e. The fourth-order valence-corrected chi connectivity index (χ4v) is 2.23. The van der Waals surface area contributed by atoms with E-state index in [0.717, 1.165) is 5.01 Å². The maximum atomic E-state index is 11.8. The molecule has 2 aromatic rings. The topological polar surface area (TPSA) is 123 Å². The summed E-state index contributed by atoms with van der Waals surface area (Å²) in [6.07, 6.45) is 0.416. The molecule has 0 aliphatic heterocycles. The number of hydrogen-bond donors (Lipinski definition) is 2. The van der Waals surface area contributed by atoms with Crippen LogP contribution in [-0.2, 0) is 17.8 Å². The van der Waals surface area contributed by atoms with E-state index in [1.165, 1.54) is 16.0 Å². The second-order valence-electron chi connectivity index (χ2n) is 3.88. The van der Waals surface area contributed by atoms with E-state index in [-0.39, 0.29) is 18.1 Å². The molecule has 20 heavy (non-hydrogen) atoms. The minimum absolute atomic E-state index is 0.123. The molecule has 0 aromatic carbocycles. The lowest BCUT2D eigenvalue weighted by Crippen LogP contribution is -2.21. The molecule has 0 saturated carbocycles. The monoisotopic (exact) mass is 296 g/mol. The number of amides is 1. The van der Waals surface area contributed by atoms with E-state index in [1.807, 2.05) is 0 Å². The number of carboxylic acid groups (broad SMARTS) is 1. The summed E-state index contributed by atoms with van der Waals surface area (Å²) in [4.78, 5) is 22.8. The Kier molecular flexibility index (Phi) is 4.03. The van der Waals surface area contributed by atoms with Crippen LogP contribution in [0.2, 0.25) is 0 Å². The van der Waals surface area contributed by atoms with Crippen LogP contribution in [0.15, 0.2) is 0 Å². The third-order valence-corrected chi connectivity index (χ3v) is 3.19. The molecule has 0 bridgehead atoms. The molecular formula is C10H12N6O3S. The van der Waals surface area contributed by atoms with Crippen molar-refractivity contribution >= 4 is 28.3 Å². The maximum Gasteiger partial charge on any atom is 0.358 e. The van der Waals surface area contributed by atoms with Crippen LogP contribution >= 0.6 is 11.3 Å². The van der Waals surface area contributed by atoms with E-state index in [4.69, 9.17) is 5.11 Å². The van der Waals surface area contributed by atoms with Gasteiger partial charge in [0.15, 0.2) is 5.69 Å². The van der Waals surface area contributed by atoms with Gasteiger partial charge < -0.3 is 5.11 Å². The molecule has 0 radical (unpaired) electrons. The summed E-state index contributed by atoms with van der Waals surface area (Å²) < 4.78 is 1.27. The first-order chi connectivity index (χ1) is 9.51. The Hall–Kier alpha value is -2.36. The average Bonchev–Trinajstić information content (AvgIpc) is 2.95. The average molecular weight is 296 g/mol. The quantitative estimate of drug-likeness (QED) is 0.815. The number of aromatic carboxylic acids is 1. The van der Waals surface area contributed by atoms with Crippen molar-refractivity contribution in [2.75, 3.05) is 5.32 Å². The van der Waals surface area contributed by atoms with Gasteiger partial charge in [-0.15, -0.1) is 15.3 Å². The van der Waals surface area contributed by atoms with Crippen molar-refractivity contribution in [3.8, 4) is 0 Å². The Labute approximate surface area is 117 Å². The fourth-order valence-electron chi connectivity index (χ4n) is 1.62. The highest BCUT2D eigenvalue weighted by molar-refractivity contribution is 7.15. The lowest BCUT2D eigenvalue weighted by atomic mass is 10.2. The molecular weight excluding hydrogens is 284 g/mol. The fraction of sp³-hybridized carbons (Fsp3) is 0.400. The summed E-state index contributed by atoms with van der Waals surface area (Å²) in [6, 6.07) is 0. The molecule has 106 valence electrons. The van der Waals surface area contributed by atoms with Crippen molar-refractivity contribution in [2.45, 2.75) is 26.8 Å². The van der Waals surface area contributed by atoms with Gasteiger partial charge in [-0.2, -0.15) is 0 Å². The second kappa shape index (κ2) is 5.74. The Morgan fingerprint density at radius 1 is 1.35 bits per heavy atom. The normalized spacial score (nSPS) is 10.5. The number of carboxylic acids is 1. The molecule has 2 heterocycles. The molecule has 2 N–H and O–H groups in total. The van der Waals surface area contributed by atoms with Crippen molar-refractivity contribution in [1.82, 2.24) is 25.2 Å². The standard InChI is InChI=1S/C10H12N6O3S/c1-3-6-8(9(18)19)13-15-16(6)4-7(17)11-10-14-12-5(2)20-10/h3-4H2,1-2H3,(H,18,19)(H,11,14,17). The molecule has 1 amide bonds. The third kappa shape index (κ3) is 2.96. The van der Waals surface area contributed by atoms with Crippen LogP contribution in [-0.4, -0.2) is 42.2 Å². The van der Waals surface area contributed by atoms with Crippen molar-refractivity contribution in [3.63, 3.8) is 0 Å². The van der Waals surface area contributed by atoms with Gasteiger partial charge in [-0.05, 0) is 13.3 Å². The maximum absolute atomic E-state index is 11.8. The van der Waals surface area contributed by atoms with Gasteiger partial charge in [-0.25, -0.2) is 9.48 Å². The highest BCUT2D eigenvalue weighted by Gasteiger charge is 2.19. The van der Waals surface area contributed by atoms with Gasteiger partial charge in [0.2, 0.25) is 11.0 Å². The number of aryl methyl sites for hydroxylation is 1. The van der Waals surface area contributed by atoms with Crippen molar-refractivity contribution in [3.05, 3.63) is 16.4 Å². The Bertz CT molecular complexity index is 649. The minimum atomic E-state index is -1.16. The first-order valence-electron chi connectivity index (χ1n) is 5.76. The van der Waals surface area contributed by atoms with Crippen molar-refractivity contribution in [1.29, 1.82) is 0 Å². The van der Waals surface area contributed by atoms with Crippen LogP contribution in [0.4, 0.5) is 5.13 Å². The summed E-state index contributed by atoms with van der Waals surface area (Å²) in [5.74, 6) is -1.52. The molecule has 0 aliphatic rings. The summed E-state index contributed by atoms with van der Waals surface area (Å²) in [7, 11) is 0. The summed E-state index contributed by atoms with van der Waals surface area (Å²) in [5.41, 5.74) is 0.271. The third-order valence-electron chi connectivity index (χ3n) is 2.44. The zero-order valence-corrected chi connectivity index (χ0v) is 11.6. The molecule has 0 spiro atoms. The molecule has 2 rings (SSSR count). The number of rotatable bonds is 5. The van der Waals surface area contributed by atoms with E-state index in [0.29, 0.717) is 17.2 Å². The number of nitrogens with zero attached hydrogens (tertiary/aromatic N) is 5.